The van der Waals surface area contributed by atoms with Crippen LogP contribution in [0.15, 0.2) is 11.1 Å². The Bertz CT molecular complexity index is 273. The van der Waals surface area contributed by atoms with Gasteiger partial charge in [-0.3, -0.25) is 9.69 Å². The van der Waals surface area contributed by atoms with E-state index in [1.54, 1.807) is 16.7 Å². The summed E-state index contributed by atoms with van der Waals surface area (Å²) in [7, 11) is 0. The van der Waals surface area contributed by atoms with Gasteiger partial charge in [0.1, 0.15) is 5.50 Å². The second-order valence-corrected chi connectivity index (χ2v) is 5.07. The fraction of sp³-hybridized carbons (Fsp3) is 0.700. The third kappa shape index (κ3) is 1.68. The molecule has 1 amide bonds. The Hall–Kier alpha value is -0.480. The fourth-order valence-corrected chi connectivity index (χ4v) is 2.63. The average molecular weight is 212 g/mol. The molecule has 0 radical (unpaired) electrons. The van der Waals surface area contributed by atoms with Crippen LogP contribution < -0.4 is 5.73 Å². The van der Waals surface area contributed by atoms with E-state index in [9.17, 15) is 4.79 Å². The molecule has 78 valence electrons. The second kappa shape index (κ2) is 3.95. The Morgan fingerprint density at radius 1 is 1.71 bits per heavy atom. The standard InChI is InChI=1S/C10H16N2OS/c1-2-8-6-12(10(11)14-8)9(13)7-4-3-5-7/h6-7,10H,2-5,11H2,1H3. The molecule has 0 spiro atoms. The first-order valence-electron chi connectivity index (χ1n) is 5.17. The summed E-state index contributed by atoms with van der Waals surface area (Å²) in [4.78, 5) is 14.8. The Morgan fingerprint density at radius 3 is 2.86 bits per heavy atom. The minimum absolute atomic E-state index is 0.182. The number of thioether (sulfide) groups is 1. The summed E-state index contributed by atoms with van der Waals surface area (Å²) in [5.74, 6) is 0.466. The van der Waals surface area contributed by atoms with Gasteiger partial charge in [-0.2, -0.15) is 0 Å². The predicted octanol–water partition coefficient (Wildman–Crippen LogP) is 1.86. The third-order valence-electron chi connectivity index (χ3n) is 2.89. The summed E-state index contributed by atoms with van der Waals surface area (Å²) in [6, 6.07) is 0. The van der Waals surface area contributed by atoms with Crippen molar-refractivity contribution in [2.75, 3.05) is 0 Å². The minimum atomic E-state index is -0.182. The first-order chi connectivity index (χ1) is 6.72. The first kappa shape index (κ1) is 10.1. The fourth-order valence-electron chi connectivity index (χ4n) is 1.70. The molecule has 0 aromatic rings. The lowest BCUT2D eigenvalue weighted by molar-refractivity contribution is -0.135. The molecule has 2 aliphatic rings. The van der Waals surface area contributed by atoms with Gasteiger partial charge in [-0.15, -0.1) is 0 Å². The quantitative estimate of drug-likeness (QED) is 0.760. The lowest BCUT2D eigenvalue weighted by atomic mass is 9.84. The summed E-state index contributed by atoms with van der Waals surface area (Å²) >= 11 is 1.60. The zero-order valence-electron chi connectivity index (χ0n) is 8.40. The lowest BCUT2D eigenvalue weighted by Crippen LogP contribution is -2.42. The van der Waals surface area contributed by atoms with Crippen molar-refractivity contribution in [3.8, 4) is 0 Å². The summed E-state index contributed by atoms with van der Waals surface area (Å²) in [5, 5.41) is 0. The summed E-state index contributed by atoms with van der Waals surface area (Å²) < 4.78 is 0. The molecule has 1 aliphatic heterocycles. The highest BCUT2D eigenvalue weighted by molar-refractivity contribution is 8.03. The van der Waals surface area contributed by atoms with Crippen LogP contribution >= 0.6 is 11.8 Å². The van der Waals surface area contributed by atoms with Gasteiger partial charge in [-0.05, 0) is 19.3 Å². The number of nitrogens with zero attached hydrogens (tertiary/aromatic N) is 1. The Kier molecular flexibility index (Phi) is 2.83. The van der Waals surface area contributed by atoms with E-state index in [0.29, 0.717) is 0 Å². The van der Waals surface area contributed by atoms with E-state index in [2.05, 4.69) is 6.92 Å². The van der Waals surface area contributed by atoms with Gasteiger partial charge in [-0.25, -0.2) is 0 Å². The molecule has 1 fully saturated rings. The van der Waals surface area contributed by atoms with Crippen molar-refractivity contribution in [3.05, 3.63) is 11.1 Å². The first-order valence-corrected chi connectivity index (χ1v) is 6.05. The number of hydrogen-bond donors (Lipinski definition) is 1. The van der Waals surface area contributed by atoms with Crippen LogP contribution in [-0.4, -0.2) is 16.3 Å². The van der Waals surface area contributed by atoms with E-state index in [1.807, 2.05) is 6.20 Å². The van der Waals surface area contributed by atoms with Crippen LogP contribution in [0.25, 0.3) is 0 Å². The Morgan fingerprint density at radius 2 is 2.43 bits per heavy atom. The van der Waals surface area contributed by atoms with Crippen molar-refractivity contribution in [3.63, 3.8) is 0 Å². The van der Waals surface area contributed by atoms with E-state index in [4.69, 9.17) is 5.73 Å². The molecule has 1 saturated carbocycles. The smallest absolute Gasteiger partial charge is 0.231 e. The molecular formula is C10H16N2OS. The zero-order chi connectivity index (χ0) is 10.1. The maximum absolute atomic E-state index is 11.9. The van der Waals surface area contributed by atoms with Crippen molar-refractivity contribution >= 4 is 17.7 Å². The SMILES string of the molecule is CCC1=CN(C(=O)C2CCC2)C(N)S1. The van der Waals surface area contributed by atoms with E-state index in [0.717, 1.165) is 19.3 Å². The second-order valence-electron chi connectivity index (χ2n) is 3.83. The highest BCUT2D eigenvalue weighted by Gasteiger charge is 2.34. The number of carbonyl (C=O) groups is 1. The molecule has 2 N–H and O–H groups in total. The van der Waals surface area contributed by atoms with E-state index >= 15 is 0 Å². The van der Waals surface area contributed by atoms with Crippen LogP contribution in [0.3, 0.4) is 0 Å². The van der Waals surface area contributed by atoms with Crippen molar-refractivity contribution in [2.45, 2.75) is 38.1 Å². The number of rotatable bonds is 2. The number of allylic oxidation sites excluding steroid dienone is 1. The van der Waals surface area contributed by atoms with Gasteiger partial charge in [-0.1, -0.05) is 25.1 Å². The summed E-state index contributed by atoms with van der Waals surface area (Å²) in [6.45, 7) is 2.09. The summed E-state index contributed by atoms with van der Waals surface area (Å²) in [6.07, 6.45) is 6.17. The minimum Gasteiger partial charge on any atom is -0.302 e. The number of amides is 1. The Balaban J connectivity index is 2.02. The van der Waals surface area contributed by atoms with Crippen LogP contribution in [0.4, 0.5) is 0 Å². The summed E-state index contributed by atoms with van der Waals surface area (Å²) in [5.41, 5.74) is 5.70. The maximum atomic E-state index is 11.9. The Labute approximate surface area is 88.7 Å². The normalized spacial score (nSPS) is 27.4. The van der Waals surface area contributed by atoms with Gasteiger partial charge in [0.05, 0.1) is 0 Å². The molecule has 1 aliphatic carbocycles. The molecule has 3 nitrogen and oxygen atoms in total. The molecule has 0 aromatic carbocycles. The van der Waals surface area contributed by atoms with E-state index in [-0.39, 0.29) is 17.3 Å². The maximum Gasteiger partial charge on any atom is 0.231 e. The van der Waals surface area contributed by atoms with Crippen molar-refractivity contribution in [1.29, 1.82) is 0 Å². The van der Waals surface area contributed by atoms with Gasteiger partial charge in [0.25, 0.3) is 0 Å². The molecule has 1 unspecified atom stereocenters. The predicted molar refractivity (Wildman–Crippen MR) is 58.1 cm³/mol. The van der Waals surface area contributed by atoms with Crippen molar-refractivity contribution in [2.24, 2.45) is 11.7 Å². The molecule has 0 aromatic heterocycles. The van der Waals surface area contributed by atoms with Crippen LogP contribution in [0.2, 0.25) is 0 Å². The number of nitrogens with two attached hydrogens (primary N) is 1. The zero-order valence-corrected chi connectivity index (χ0v) is 9.22. The van der Waals surface area contributed by atoms with Crippen LogP contribution in [0.5, 0.6) is 0 Å². The van der Waals surface area contributed by atoms with E-state index < -0.39 is 0 Å². The monoisotopic (exact) mass is 212 g/mol. The van der Waals surface area contributed by atoms with Gasteiger partial charge < -0.3 is 5.73 Å². The highest BCUT2D eigenvalue weighted by Crippen LogP contribution is 2.36. The number of hydrogen-bond acceptors (Lipinski definition) is 3. The molecule has 4 heteroatoms. The van der Waals surface area contributed by atoms with Crippen LogP contribution in [-0.2, 0) is 4.79 Å². The van der Waals surface area contributed by atoms with Gasteiger partial charge in [0.15, 0.2) is 0 Å². The van der Waals surface area contributed by atoms with Gasteiger partial charge in [0, 0.05) is 17.0 Å². The molecule has 1 atom stereocenters. The van der Waals surface area contributed by atoms with Crippen LogP contribution in [0, 0.1) is 5.92 Å². The number of carbonyl (C=O) groups excluding carboxylic acids is 1. The largest absolute Gasteiger partial charge is 0.302 e. The third-order valence-corrected chi connectivity index (χ3v) is 4.05. The van der Waals surface area contributed by atoms with Gasteiger partial charge in [0.2, 0.25) is 5.91 Å². The average Bonchev–Trinajstić information content (AvgIpc) is 2.43. The molecule has 1 heterocycles. The highest BCUT2D eigenvalue weighted by atomic mass is 32.2. The lowest BCUT2D eigenvalue weighted by Gasteiger charge is -2.29. The van der Waals surface area contributed by atoms with E-state index in [1.165, 1.54) is 11.3 Å². The van der Waals surface area contributed by atoms with Gasteiger partial charge >= 0.3 is 0 Å². The molecule has 14 heavy (non-hydrogen) atoms. The van der Waals surface area contributed by atoms with Crippen molar-refractivity contribution < 1.29 is 4.79 Å². The van der Waals surface area contributed by atoms with Crippen molar-refractivity contribution in [1.82, 2.24) is 4.90 Å². The molecule has 0 bridgehead atoms. The molecule has 2 rings (SSSR count). The molecule has 0 saturated heterocycles. The van der Waals surface area contributed by atoms with Crippen LogP contribution in [0.1, 0.15) is 32.6 Å². The topological polar surface area (TPSA) is 46.3 Å². The molecular weight excluding hydrogens is 196 g/mol.